The molecule has 2 amide bonds. The molecule has 0 atom stereocenters. The Labute approximate surface area is 160 Å². The summed E-state index contributed by atoms with van der Waals surface area (Å²) in [6.07, 6.45) is 5.40. The first-order valence-electron chi connectivity index (χ1n) is 10.2. The van der Waals surface area contributed by atoms with Gasteiger partial charge in [-0.25, -0.2) is 0 Å². The second-order valence-corrected chi connectivity index (χ2v) is 7.70. The molecule has 146 valence electrons. The summed E-state index contributed by atoms with van der Waals surface area (Å²) in [6, 6.07) is 5.71. The molecule has 1 aromatic rings. The lowest BCUT2D eigenvalue weighted by Crippen LogP contribution is -2.46. The third-order valence-electron chi connectivity index (χ3n) is 5.83. The maximum absolute atomic E-state index is 12.7. The fraction of sp³-hybridized carbons (Fsp3) is 0.619. The quantitative estimate of drug-likeness (QED) is 0.817. The zero-order valence-electron chi connectivity index (χ0n) is 15.8. The van der Waals surface area contributed by atoms with Crippen LogP contribution in [0.15, 0.2) is 18.2 Å². The van der Waals surface area contributed by atoms with E-state index in [1.807, 2.05) is 28.0 Å². The van der Waals surface area contributed by atoms with Crippen LogP contribution in [0.5, 0.6) is 11.5 Å². The van der Waals surface area contributed by atoms with Crippen LogP contribution >= 0.6 is 0 Å². The summed E-state index contributed by atoms with van der Waals surface area (Å²) >= 11 is 0. The van der Waals surface area contributed by atoms with Crippen LogP contribution in [0.4, 0.5) is 0 Å². The van der Waals surface area contributed by atoms with Crippen LogP contribution in [0.1, 0.15) is 37.7 Å². The minimum atomic E-state index is 0.0847. The number of likely N-dealkylation sites (tertiary alicyclic amines) is 2. The predicted molar refractivity (Wildman–Crippen MR) is 101 cm³/mol. The number of benzene rings is 1. The van der Waals surface area contributed by atoms with E-state index in [0.717, 1.165) is 55.8 Å². The zero-order valence-corrected chi connectivity index (χ0v) is 15.8. The molecule has 0 radical (unpaired) electrons. The Balaban J connectivity index is 1.29. The van der Waals surface area contributed by atoms with Gasteiger partial charge in [-0.3, -0.25) is 9.59 Å². The van der Waals surface area contributed by atoms with Crippen molar-refractivity contribution >= 4 is 11.8 Å². The van der Waals surface area contributed by atoms with Crippen molar-refractivity contribution in [2.75, 3.05) is 39.4 Å². The highest BCUT2D eigenvalue weighted by Gasteiger charge is 2.30. The average Bonchev–Trinajstić information content (AvgIpc) is 2.74. The van der Waals surface area contributed by atoms with Crippen molar-refractivity contribution in [2.24, 2.45) is 5.92 Å². The van der Waals surface area contributed by atoms with E-state index >= 15 is 0 Å². The van der Waals surface area contributed by atoms with Gasteiger partial charge in [0, 0.05) is 32.1 Å². The van der Waals surface area contributed by atoms with Gasteiger partial charge in [0.2, 0.25) is 11.8 Å². The molecule has 0 bridgehead atoms. The highest BCUT2D eigenvalue weighted by atomic mass is 16.6. The molecule has 0 spiro atoms. The van der Waals surface area contributed by atoms with E-state index in [9.17, 15) is 9.59 Å². The van der Waals surface area contributed by atoms with Gasteiger partial charge in [0.15, 0.2) is 11.5 Å². The van der Waals surface area contributed by atoms with Gasteiger partial charge in [0.1, 0.15) is 13.2 Å². The Hall–Kier alpha value is -2.24. The Bertz CT molecular complexity index is 691. The second-order valence-electron chi connectivity index (χ2n) is 7.70. The van der Waals surface area contributed by atoms with Gasteiger partial charge < -0.3 is 19.3 Å². The number of hydrogen-bond donors (Lipinski definition) is 0. The van der Waals surface area contributed by atoms with Crippen LogP contribution in [0.2, 0.25) is 0 Å². The van der Waals surface area contributed by atoms with Crippen molar-refractivity contribution in [3.05, 3.63) is 23.8 Å². The Morgan fingerprint density at radius 3 is 2.33 bits per heavy atom. The van der Waals surface area contributed by atoms with Crippen molar-refractivity contribution in [1.29, 1.82) is 0 Å². The zero-order chi connectivity index (χ0) is 18.6. The number of rotatable bonds is 3. The van der Waals surface area contributed by atoms with Gasteiger partial charge in [0.05, 0.1) is 6.42 Å². The number of piperidine rings is 2. The van der Waals surface area contributed by atoms with Gasteiger partial charge in [0.25, 0.3) is 0 Å². The fourth-order valence-corrected chi connectivity index (χ4v) is 4.23. The molecule has 0 unspecified atom stereocenters. The van der Waals surface area contributed by atoms with E-state index in [1.54, 1.807) is 0 Å². The van der Waals surface area contributed by atoms with E-state index in [0.29, 0.717) is 38.6 Å². The molecule has 6 nitrogen and oxygen atoms in total. The van der Waals surface area contributed by atoms with Crippen molar-refractivity contribution in [3.63, 3.8) is 0 Å². The molecule has 27 heavy (non-hydrogen) atoms. The summed E-state index contributed by atoms with van der Waals surface area (Å²) in [5.41, 5.74) is 0.941. The monoisotopic (exact) mass is 372 g/mol. The summed E-state index contributed by atoms with van der Waals surface area (Å²) in [4.78, 5) is 29.3. The molecule has 3 aliphatic heterocycles. The summed E-state index contributed by atoms with van der Waals surface area (Å²) in [5.74, 6) is 1.97. The molecule has 0 saturated carbocycles. The lowest BCUT2D eigenvalue weighted by molar-refractivity contribution is -0.141. The van der Waals surface area contributed by atoms with E-state index in [2.05, 4.69) is 0 Å². The highest BCUT2D eigenvalue weighted by molar-refractivity contribution is 5.81. The number of hydrogen-bond acceptors (Lipinski definition) is 4. The van der Waals surface area contributed by atoms with Crippen molar-refractivity contribution in [3.8, 4) is 11.5 Å². The molecule has 2 saturated heterocycles. The molecule has 2 fully saturated rings. The third-order valence-corrected chi connectivity index (χ3v) is 5.83. The number of amides is 2. The Kier molecular flexibility index (Phi) is 5.50. The maximum atomic E-state index is 12.7. The van der Waals surface area contributed by atoms with Crippen molar-refractivity contribution < 1.29 is 19.1 Å². The average molecular weight is 372 g/mol. The van der Waals surface area contributed by atoms with E-state index in [-0.39, 0.29) is 11.8 Å². The van der Waals surface area contributed by atoms with Crippen LogP contribution in [0.25, 0.3) is 0 Å². The Morgan fingerprint density at radius 1 is 0.889 bits per heavy atom. The van der Waals surface area contributed by atoms with E-state index in [1.165, 1.54) is 6.42 Å². The molecule has 6 heteroatoms. The molecular weight excluding hydrogens is 344 g/mol. The SMILES string of the molecule is O=C(Cc1ccc2c(c1)OCCO2)N1CCC(C(=O)N2CCCCC2)CC1. The smallest absolute Gasteiger partial charge is 0.226 e. The number of carbonyl (C=O) groups excluding carboxylic acids is 2. The normalized spacial score (nSPS) is 20.4. The molecular formula is C21H28N2O4. The van der Waals surface area contributed by atoms with Crippen molar-refractivity contribution in [2.45, 2.75) is 38.5 Å². The lowest BCUT2D eigenvalue weighted by atomic mass is 9.94. The lowest BCUT2D eigenvalue weighted by Gasteiger charge is -2.35. The molecule has 0 N–H and O–H groups in total. The molecule has 3 heterocycles. The largest absolute Gasteiger partial charge is 0.486 e. The topological polar surface area (TPSA) is 59.1 Å². The van der Waals surface area contributed by atoms with Crippen LogP contribution in [0.3, 0.4) is 0 Å². The van der Waals surface area contributed by atoms with E-state index in [4.69, 9.17) is 9.47 Å². The Morgan fingerprint density at radius 2 is 1.59 bits per heavy atom. The van der Waals surface area contributed by atoms with E-state index < -0.39 is 0 Å². The second kappa shape index (κ2) is 8.19. The van der Waals surface area contributed by atoms with Gasteiger partial charge in [-0.2, -0.15) is 0 Å². The van der Waals surface area contributed by atoms with Crippen LogP contribution < -0.4 is 9.47 Å². The molecule has 0 aromatic heterocycles. The molecule has 4 rings (SSSR count). The summed E-state index contributed by atoms with van der Waals surface area (Å²) in [5, 5.41) is 0. The summed E-state index contributed by atoms with van der Waals surface area (Å²) < 4.78 is 11.1. The molecule has 1 aromatic carbocycles. The van der Waals surface area contributed by atoms with Gasteiger partial charge >= 0.3 is 0 Å². The summed E-state index contributed by atoms with van der Waals surface area (Å²) in [6.45, 7) is 4.27. The fourth-order valence-electron chi connectivity index (χ4n) is 4.23. The number of carbonyl (C=O) groups is 2. The van der Waals surface area contributed by atoms with Gasteiger partial charge in [-0.15, -0.1) is 0 Å². The minimum Gasteiger partial charge on any atom is -0.486 e. The van der Waals surface area contributed by atoms with Gasteiger partial charge in [-0.1, -0.05) is 6.07 Å². The third kappa shape index (κ3) is 4.20. The minimum absolute atomic E-state index is 0.0847. The number of ether oxygens (including phenoxy) is 2. The standard InChI is InChI=1S/C21H28N2O4/c24-20(15-16-4-5-18-19(14-16)27-13-12-26-18)22-10-6-17(7-11-22)21(25)23-8-2-1-3-9-23/h4-5,14,17H,1-3,6-13,15H2. The first-order chi connectivity index (χ1) is 13.2. The molecule has 3 aliphatic rings. The van der Waals surface area contributed by atoms with Gasteiger partial charge in [-0.05, 0) is 49.8 Å². The number of fused-ring (bicyclic) bond motifs is 1. The summed E-state index contributed by atoms with van der Waals surface area (Å²) in [7, 11) is 0. The molecule has 0 aliphatic carbocycles. The van der Waals surface area contributed by atoms with Crippen LogP contribution in [-0.2, 0) is 16.0 Å². The number of nitrogens with zero attached hydrogens (tertiary/aromatic N) is 2. The first kappa shape index (κ1) is 18.1. The van der Waals surface area contributed by atoms with Crippen LogP contribution in [0, 0.1) is 5.92 Å². The van der Waals surface area contributed by atoms with Crippen molar-refractivity contribution in [1.82, 2.24) is 9.80 Å². The highest BCUT2D eigenvalue weighted by Crippen LogP contribution is 2.31. The predicted octanol–water partition coefficient (Wildman–Crippen LogP) is 2.25. The van der Waals surface area contributed by atoms with Crippen LogP contribution in [-0.4, -0.2) is 61.0 Å². The first-order valence-corrected chi connectivity index (χ1v) is 10.2. The maximum Gasteiger partial charge on any atom is 0.226 e.